The van der Waals surface area contributed by atoms with E-state index in [9.17, 15) is 0 Å². The third kappa shape index (κ3) is 5.70. The van der Waals surface area contributed by atoms with Crippen LogP contribution in [0.5, 0.6) is 0 Å². The van der Waals surface area contributed by atoms with Crippen molar-refractivity contribution in [2.24, 2.45) is 0 Å². The van der Waals surface area contributed by atoms with E-state index in [-0.39, 0.29) is 6.10 Å². The van der Waals surface area contributed by atoms with Crippen LogP contribution < -0.4 is 0 Å². The minimum Gasteiger partial charge on any atom is -0.410 e. The van der Waals surface area contributed by atoms with Gasteiger partial charge in [0.2, 0.25) is 0 Å². The molecule has 0 aliphatic carbocycles. The molecule has 0 amide bonds. The summed E-state index contributed by atoms with van der Waals surface area (Å²) in [6.45, 7) is 20.0. The van der Waals surface area contributed by atoms with E-state index in [1.54, 1.807) is 0 Å². The molecule has 0 bridgehead atoms. The van der Waals surface area contributed by atoms with E-state index >= 15 is 0 Å². The summed E-state index contributed by atoms with van der Waals surface area (Å²) in [7, 11) is -2.46. The van der Waals surface area contributed by atoms with Crippen LogP contribution in [0.2, 0.25) is 26.0 Å². The third-order valence-corrected chi connectivity index (χ3v) is 8.70. The highest BCUT2D eigenvalue weighted by atomic mass is 28.4. The predicted molar refractivity (Wildman–Crippen MR) is 158 cm³/mol. The Morgan fingerprint density at radius 3 is 1.76 bits per heavy atom. The average molecular weight is 513 g/mol. The molecule has 0 radical (unpaired) electrons. The Morgan fingerprint density at radius 2 is 1.27 bits per heavy atom. The van der Waals surface area contributed by atoms with E-state index < -0.39 is 32.1 Å². The van der Waals surface area contributed by atoms with E-state index in [1.807, 2.05) is 6.07 Å². The standard InChI is InChI=1S/C32H41BO3Si/c1-25(26-18-12-9-13-19-26)32(28-22-16-11-17-23-28,24-33-35-30(2,3)31(4,5)36-33)29(34-37(6,7)8)27-20-14-10-15-21-27/h9-23,29H,1,24H2,2-8H3/t29-,32+/m1/s1. The number of benzene rings is 3. The van der Waals surface area contributed by atoms with Crippen molar-refractivity contribution in [2.75, 3.05) is 0 Å². The van der Waals surface area contributed by atoms with Crippen LogP contribution in [0.15, 0.2) is 97.6 Å². The van der Waals surface area contributed by atoms with Gasteiger partial charge in [-0.1, -0.05) is 97.6 Å². The van der Waals surface area contributed by atoms with Crippen molar-refractivity contribution in [3.63, 3.8) is 0 Å². The Labute approximate surface area is 225 Å². The maximum atomic E-state index is 7.17. The normalized spacial score (nSPS) is 19.3. The summed E-state index contributed by atoms with van der Waals surface area (Å²) in [6.07, 6.45) is 0.288. The van der Waals surface area contributed by atoms with Crippen LogP contribution >= 0.6 is 0 Å². The third-order valence-electron chi connectivity index (χ3n) is 7.76. The second-order valence-electron chi connectivity index (χ2n) is 12.1. The van der Waals surface area contributed by atoms with Crippen LogP contribution in [0.1, 0.15) is 50.5 Å². The van der Waals surface area contributed by atoms with Crippen molar-refractivity contribution in [1.82, 2.24) is 0 Å². The Bertz CT molecular complexity index is 1170. The van der Waals surface area contributed by atoms with Crippen LogP contribution in [0.4, 0.5) is 0 Å². The summed E-state index contributed by atoms with van der Waals surface area (Å²) in [5.74, 6) is 0. The van der Waals surface area contributed by atoms with Gasteiger partial charge in [-0.25, -0.2) is 0 Å². The molecule has 3 aromatic rings. The van der Waals surface area contributed by atoms with Gasteiger partial charge in [-0.05, 0) is 75.9 Å². The fourth-order valence-electron chi connectivity index (χ4n) is 5.21. The van der Waals surface area contributed by atoms with Gasteiger partial charge in [0, 0.05) is 5.41 Å². The van der Waals surface area contributed by atoms with E-state index in [0.717, 1.165) is 22.3 Å². The van der Waals surface area contributed by atoms with Crippen molar-refractivity contribution in [1.29, 1.82) is 0 Å². The average Bonchev–Trinajstić information content (AvgIpc) is 3.07. The van der Waals surface area contributed by atoms with Crippen molar-refractivity contribution >= 4 is 21.0 Å². The van der Waals surface area contributed by atoms with Gasteiger partial charge < -0.3 is 13.7 Å². The summed E-state index contributed by atoms with van der Waals surface area (Å²) >= 11 is 0. The molecule has 37 heavy (non-hydrogen) atoms. The maximum Gasteiger partial charge on any atom is 0.459 e. The molecular weight excluding hydrogens is 471 g/mol. The largest absolute Gasteiger partial charge is 0.459 e. The molecule has 0 spiro atoms. The van der Waals surface area contributed by atoms with Crippen molar-refractivity contribution in [3.8, 4) is 0 Å². The molecule has 4 rings (SSSR count). The van der Waals surface area contributed by atoms with Crippen LogP contribution in [0, 0.1) is 0 Å². The second-order valence-corrected chi connectivity index (χ2v) is 16.6. The van der Waals surface area contributed by atoms with E-state index in [2.05, 4.69) is 132 Å². The number of rotatable bonds is 9. The molecular formula is C32H41BO3Si. The van der Waals surface area contributed by atoms with E-state index in [0.29, 0.717) is 6.32 Å². The highest BCUT2D eigenvalue weighted by Crippen LogP contribution is 2.54. The SMILES string of the molecule is C=C(c1ccccc1)[C@@](CB1OC(C)(C)C(C)(C)O1)(c1ccccc1)[C@H](O[Si](C)(C)C)c1ccccc1. The van der Waals surface area contributed by atoms with Gasteiger partial charge in [0.1, 0.15) is 0 Å². The molecule has 194 valence electrons. The zero-order valence-electron chi connectivity index (χ0n) is 23.5. The molecule has 0 aromatic heterocycles. The Hall–Kier alpha value is -2.44. The molecule has 1 saturated heterocycles. The number of hydrogen-bond acceptors (Lipinski definition) is 3. The van der Waals surface area contributed by atoms with Crippen molar-refractivity contribution < 1.29 is 13.7 Å². The lowest BCUT2D eigenvalue weighted by Crippen LogP contribution is -2.44. The zero-order chi connectivity index (χ0) is 26.9. The summed E-state index contributed by atoms with van der Waals surface area (Å²) in [4.78, 5) is 0. The second kappa shape index (κ2) is 10.4. The lowest BCUT2D eigenvalue weighted by atomic mass is 9.56. The fraction of sp³-hybridized carbons (Fsp3) is 0.375. The lowest BCUT2D eigenvalue weighted by Gasteiger charge is -2.46. The van der Waals surface area contributed by atoms with Gasteiger partial charge in [0.05, 0.1) is 17.3 Å². The fourth-order valence-corrected chi connectivity index (χ4v) is 6.25. The van der Waals surface area contributed by atoms with Gasteiger partial charge >= 0.3 is 7.12 Å². The topological polar surface area (TPSA) is 27.7 Å². The van der Waals surface area contributed by atoms with E-state index in [4.69, 9.17) is 20.3 Å². The van der Waals surface area contributed by atoms with Crippen LogP contribution in [-0.4, -0.2) is 26.6 Å². The molecule has 3 aromatic carbocycles. The van der Waals surface area contributed by atoms with Crippen molar-refractivity contribution in [3.05, 3.63) is 114 Å². The molecule has 0 saturated carbocycles. The molecule has 0 unspecified atom stereocenters. The first-order valence-corrected chi connectivity index (χ1v) is 16.7. The first kappa shape index (κ1) is 27.6. The summed E-state index contributed by atoms with van der Waals surface area (Å²) in [5.41, 5.74) is 2.84. The quantitative estimate of drug-likeness (QED) is 0.270. The predicted octanol–water partition coefficient (Wildman–Crippen LogP) is 8.32. The molecule has 1 heterocycles. The Balaban J connectivity index is 1.99. The van der Waals surface area contributed by atoms with Gasteiger partial charge in [-0.3, -0.25) is 0 Å². The van der Waals surface area contributed by atoms with E-state index in [1.165, 1.54) is 0 Å². The minimum atomic E-state index is -2.03. The lowest BCUT2D eigenvalue weighted by molar-refractivity contribution is 0.00578. The smallest absolute Gasteiger partial charge is 0.410 e. The monoisotopic (exact) mass is 512 g/mol. The van der Waals surface area contributed by atoms with Crippen LogP contribution in [0.25, 0.3) is 5.57 Å². The van der Waals surface area contributed by atoms with Crippen LogP contribution in [0.3, 0.4) is 0 Å². The molecule has 0 N–H and O–H groups in total. The van der Waals surface area contributed by atoms with Gasteiger partial charge in [-0.2, -0.15) is 0 Å². The van der Waals surface area contributed by atoms with Crippen molar-refractivity contribution in [2.45, 2.75) is 76.4 Å². The first-order chi connectivity index (χ1) is 17.4. The number of hydrogen-bond donors (Lipinski definition) is 0. The highest BCUT2D eigenvalue weighted by molar-refractivity contribution is 6.69. The summed E-state index contributed by atoms with van der Waals surface area (Å²) < 4.78 is 20.4. The van der Waals surface area contributed by atoms with Crippen LogP contribution in [-0.2, 0) is 19.1 Å². The first-order valence-electron chi connectivity index (χ1n) is 13.2. The minimum absolute atomic E-state index is 0.283. The molecule has 1 fully saturated rings. The maximum absolute atomic E-state index is 7.17. The van der Waals surface area contributed by atoms with Gasteiger partial charge in [0.15, 0.2) is 8.32 Å². The molecule has 5 heteroatoms. The van der Waals surface area contributed by atoms with Gasteiger partial charge in [-0.15, -0.1) is 0 Å². The molecule has 2 atom stereocenters. The van der Waals surface area contributed by atoms with Gasteiger partial charge in [0.25, 0.3) is 0 Å². The summed E-state index contributed by atoms with van der Waals surface area (Å²) in [6, 6.07) is 31.7. The molecule has 3 nitrogen and oxygen atoms in total. The Kier molecular flexibility index (Phi) is 7.74. The molecule has 1 aliphatic heterocycles. The summed E-state index contributed by atoms with van der Waals surface area (Å²) in [5, 5.41) is 0. The zero-order valence-corrected chi connectivity index (χ0v) is 24.5. The highest BCUT2D eigenvalue weighted by Gasteiger charge is 2.56. The Morgan fingerprint density at radius 1 is 0.811 bits per heavy atom. The molecule has 1 aliphatic rings.